The normalized spacial score (nSPS) is 15.5. The molecule has 0 saturated carbocycles. The zero-order chi connectivity index (χ0) is 10.8. The molecule has 0 amide bonds. The van der Waals surface area contributed by atoms with E-state index in [9.17, 15) is 4.57 Å². The second kappa shape index (κ2) is 4.11. The van der Waals surface area contributed by atoms with E-state index in [2.05, 4.69) is 20.4 Å². The average molecular weight is 216 g/mol. The molecule has 1 atom stereocenters. The molecule has 6 nitrogen and oxygen atoms in total. The molecule has 0 aliphatic rings. The Hall–Kier alpha value is -0.870. The highest BCUT2D eigenvalue weighted by atomic mass is 31.2. The summed E-state index contributed by atoms with van der Waals surface area (Å²) in [5.74, 6) is 0.909. The van der Waals surface area contributed by atoms with Gasteiger partial charge in [0, 0.05) is 12.6 Å². The van der Waals surface area contributed by atoms with Crippen LogP contribution in [0.4, 0.5) is 0 Å². The fraction of sp³-hybridized carbons (Fsp3) is 0.714. The van der Waals surface area contributed by atoms with Crippen LogP contribution < -0.4 is 0 Å². The summed E-state index contributed by atoms with van der Waals surface area (Å²) >= 11 is 0. The smallest absolute Gasteiger partial charge is 0.205 e. The average Bonchev–Trinajstić information content (AvgIpc) is 2.02. The van der Waals surface area contributed by atoms with Crippen molar-refractivity contribution in [2.45, 2.75) is 25.9 Å². The number of rotatable bonds is 3. The lowest BCUT2D eigenvalue weighted by atomic mass is 10.2. The number of hydrogen-bond acceptors (Lipinski definition) is 5. The van der Waals surface area contributed by atoms with E-state index >= 15 is 0 Å². The summed E-state index contributed by atoms with van der Waals surface area (Å²) in [6.07, 6.45) is -0.0780. The van der Waals surface area contributed by atoms with Crippen molar-refractivity contribution < 1.29 is 9.46 Å². The van der Waals surface area contributed by atoms with E-state index in [4.69, 9.17) is 4.89 Å². The molecule has 0 aliphatic carbocycles. The Labute approximate surface area is 82.2 Å². The second-order valence-corrected chi connectivity index (χ2v) is 5.96. The Balaban J connectivity index is 2.79. The quantitative estimate of drug-likeness (QED) is 0.751. The van der Waals surface area contributed by atoms with Crippen LogP contribution >= 0.6 is 7.37 Å². The molecule has 1 aromatic rings. The maximum Gasteiger partial charge on any atom is 0.205 e. The number of nitrogens with zero attached hydrogens (tertiary/aromatic N) is 4. The first kappa shape index (κ1) is 11.2. The van der Waals surface area contributed by atoms with Gasteiger partial charge in [-0.3, -0.25) is 4.57 Å². The van der Waals surface area contributed by atoms with Crippen LogP contribution in [-0.2, 0) is 10.7 Å². The minimum absolute atomic E-state index is 0.0780. The van der Waals surface area contributed by atoms with Gasteiger partial charge in [-0.15, -0.1) is 20.4 Å². The van der Waals surface area contributed by atoms with E-state index in [1.165, 1.54) is 6.66 Å². The van der Waals surface area contributed by atoms with E-state index in [0.717, 1.165) is 0 Å². The van der Waals surface area contributed by atoms with Crippen molar-refractivity contribution in [1.82, 2.24) is 20.4 Å². The lowest BCUT2D eigenvalue weighted by molar-refractivity contribution is 0.481. The van der Waals surface area contributed by atoms with Gasteiger partial charge in [0.2, 0.25) is 7.37 Å². The minimum Gasteiger partial charge on any atom is -0.344 e. The Morgan fingerprint density at radius 1 is 1.29 bits per heavy atom. The van der Waals surface area contributed by atoms with Crippen molar-refractivity contribution >= 4 is 7.37 Å². The third-order valence-corrected chi connectivity index (χ3v) is 2.36. The van der Waals surface area contributed by atoms with Gasteiger partial charge >= 0.3 is 0 Å². The highest BCUT2D eigenvalue weighted by Crippen LogP contribution is 2.38. The summed E-state index contributed by atoms with van der Waals surface area (Å²) in [5, 5.41) is 15.1. The zero-order valence-electron chi connectivity index (χ0n) is 8.38. The third kappa shape index (κ3) is 3.47. The minimum atomic E-state index is -3.13. The van der Waals surface area contributed by atoms with Crippen LogP contribution in [0.1, 0.15) is 31.4 Å². The molecule has 0 aromatic carbocycles. The summed E-state index contributed by atoms with van der Waals surface area (Å²) in [6.45, 7) is 5.11. The topological polar surface area (TPSA) is 88.9 Å². The van der Waals surface area contributed by atoms with Gasteiger partial charge in [0.1, 0.15) is 0 Å². The highest BCUT2D eigenvalue weighted by Gasteiger charge is 2.14. The van der Waals surface area contributed by atoms with Gasteiger partial charge in [0.15, 0.2) is 11.6 Å². The van der Waals surface area contributed by atoms with E-state index in [1.807, 2.05) is 13.8 Å². The molecule has 78 valence electrons. The standard InChI is InChI=1S/C7H13N4O2P/c1-5(2)7-10-8-6(9-11-7)4-14(3,12)13/h5H,4H2,1-3H3,(H,12,13). The lowest BCUT2D eigenvalue weighted by Gasteiger charge is -2.03. The van der Waals surface area contributed by atoms with Crippen LogP contribution in [0.15, 0.2) is 0 Å². The predicted octanol–water partition coefficient (Wildman–Crippen LogP) is 0.790. The molecule has 1 unspecified atom stereocenters. The molecule has 0 fully saturated rings. The van der Waals surface area contributed by atoms with Gasteiger partial charge in [0.05, 0.1) is 6.16 Å². The molecule has 0 bridgehead atoms. The molecule has 0 spiro atoms. The van der Waals surface area contributed by atoms with E-state index in [0.29, 0.717) is 5.82 Å². The van der Waals surface area contributed by atoms with E-state index < -0.39 is 7.37 Å². The highest BCUT2D eigenvalue weighted by molar-refractivity contribution is 7.56. The van der Waals surface area contributed by atoms with Crippen LogP contribution in [0.2, 0.25) is 0 Å². The summed E-state index contributed by atoms with van der Waals surface area (Å²) in [6, 6.07) is 0. The molecule has 0 aliphatic heterocycles. The Bertz CT molecular complexity index is 345. The van der Waals surface area contributed by atoms with Gasteiger partial charge in [0.25, 0.3) is 0 Å². The van der Waals surface area contributed by atoms with Gasteiger partial charge in [-0.2, -0.15) is 0 Å². The van der Waals surface area contributed by atoms with Crippen LogP contribution in [-0.4, -0.2) is 32.0 Å². The molecule has 1 N–H and O–H groups in total. The molecule has 1 rings (SSSR count). The number of hydrogen-bond donors (Lipinski definition) is 1. The summed E-state index contributed by atoms with van der Waals surface area (Å²) in [7, 11) is -3.13. The maximum absolute atomic E-state index is 11.0. The van der Waals surface area contributed by atoms with Crippen molar-refractivity contribution in [3.05, 3.63) is 11.6 Å². The van der Waals surface area contributed by atoms with Crippen LogP contribution in [0.25, 0.3) is 0 Å². The molecule has 0 saturated heterocycles. The molecular formula is C7H13N4O2P. The lowest BCUT2D eigenvalue weighted by Crippen LogP contribution is -2.06. The summed E-state index contributed by atoms with van der Waals surface area (Å²) < 4.78 is 11.0. The van der Waals surface area contributed by atoms with Gasteiger partial charge in [-0.25, -0.2) is 0 Å². The van der Waals surface area contributed by atoms with Crippen LogP contribution in [0, 0.1) is 0 Å². The van der Waals surface area contributed by atoms with Gasteiger partial charge in [-0.05, 0) is 0 Å². The van der Waals surface area contributed by atoms with E-state index in [1.54, 1.807) is 0 Å². The summed E-state index contributed by atoms with van der Waals surface area (Å²) in [5.41, 5.74) is 0. The predicted molar refractivity (Wildman–Crippen MR) is 51.2 cm³/mol. The molecular weight excluding hydrogens is 203 g/mol. The zero-order valence-corrected chi connectivity index (χ0v) is 9.27. The van der Waals surface area contributed by atoms with Gasteiger partial charge in [-0.1, -0.05) is 13.8 Å². The first-order valence-electron chi connectivity index (χ1n) is 4.24. The third-order valence-electron chi connectivity index (χ3n) is 1.49. The fourth-order valence-corrected chi connectivity index (χ4v) is 1.47. The molecule has 14 heavy (non-hydrogen) atoms. The Morgan fingerprint density at radius 2 is 1.79 bits per heavy atom. The first-order valence-corrected chi connectivity index (χ1v) is 6.53. The number of aromatic nitrogens is 4. The Morgan fingerprint density at radius 3 is 2.14 bits per heavy atom. The first-order chi connectivity index (χ1) is 6.38. The fourth-order valence-electron chi connectivity index (χ4n) is 0.814. The molecule has 1 heterocycles. The van der Waals surface area contributed by atoms with Crippen molar-refractivity contribution in [3.63, 3.8) is 0 Å². The second-order valence-electron chi connectivity index (χ2n) is 3.54. The summed E-state index contributed by atoms with van der Waals surface area (Å²) in [4.78, 5) is 9.07. The van der Waals surface area contributed by atoms with Crippen LogP contribution in [0.3, 0.4) is 0 Å². The molecule has 1 aromatic heterocycles. The van der Waals surface area contributed by atoms with E-state index in [-0.39, 0.29) is 17.9 Å². The Kier molecular flexibility index (Phi) is 3.29. The van der Waals surface area contributed by atoms with Crippen LogP contribution in [0.5, 0.6) is 0 Å². The monoisotopic (exact) mass is 216 g/mol. The largest absolute Gasteiger partial charge is 0.344 e. The molecule has 7 heteroatoms. The van der Waals surface area contributed by atoms with Crippen molar-refractivity contribution in [1.29, 1.82) is 0 Å². The van der Waals surface area contributed by atoms with Crippen molar-refractivity contribution in [2.75, 3.05) is 6.66 Å². The SMILES string of the molecule is CC(C)c1nnc(CP(C)(=O)O)nn1. The van der Waals surface area contributed by atoms with Gasteiger partial charge < -0.3 is 4.89 Å². The maximum atomic E-state index is 11.0. The van der Waals surface area contributed by atoms with Crippen molar-refractivity contribution in [3.8, 4) is 0 Å². The molecule has 0 radical (unpaired) electrons. The van der Waals surface area contributed by atoms with Crippen molar-refractivity contribution in [2.24, 2.45) is 0 Å².